The summed E-state index contributed by atoms with van der Waals surface area (Å²) < 4.78 is 38.0. The fourth-order valence-electron chi connectivity index (χ4n) is 6.58. The summed E-state index contributed by atoms with van der Waals surface area (Å²) >= 11 is 0. The number of fused-ring (bicyclic) bond motifs is 5. The summed E-state index contributed by atoms with van der Waals surface area (Å²) in [6, 6.07) is 5.82. The molecule has 3 aliphatic rings. The third kappa shape index (κ3) is 4.16. The van der Waals surface area contributed by atoms with Crippen LogP contribution in [0.3, 0.4) is 0 Å². The lowest BCUT2D eigenvalue weighted by Crippen LogP contribution is -2.50. The lowest BCUT2D eigenvalue weighted by molar-refractivity contribution is -0.130. The molecule has 4 rings (SSSR count). The van der Waals surface area contributed by atoms with Crippen LogP contribution in [0.5, 0.6) is 5.75 Å². The van der Waals surface area contributed by atoms with E-state index in [1.807, 2.05) is 19.2 Å². The van der Waals surface area contributed by atoms with Crippen LogP contribution in [0.15, 0.2) is 18.2 Å². The van der Waals surface area contributed by atoms with Gasteiger partial charge in [-0.2, -0.15) is 13.2 Å². The molecule has 170 valence electrons. The number of aryl methyl sites for hydroxylation is 1. The average Bonchev–Trinajstić information content (AvgIpc) is 2.96. The number of phenolic OH excluding ortho intramolecular Hbond substituents is 1. The van der Waals surface area contributed by atoms with Crippen molar-refractivity contribution < 1.29 is 23.4 Å². The summed E-state index contributed by atoms with van der Waals surface area (Å²) in [4.78, 5) is 0. The van der Waals surface area contributed by atoms with E-state index in [9.17, 15) is 23.4 Å². The Bertz CT molecular complexity index is 916. The van der Waals surface area contributed by atoms with Gasteiger partial charge in [0, 0.05) is 11.8 Å². The lowest BCUT2D eigenvalue weighted by Gasteiger charge is -2.52. The van der Waals surface area contributed by atoms with Gasteiger partial charge < -0.3 is 10.2 Å². The Kier molecular flexibility index (Phi) is 5.54. The van der Waals surface area contributed by atoms with E-state index in [0.717, 1.165) is 32.1 Å². The Morgan fingerprint density at radius 2 is 1.90 bits per heavy atom. The molecule has 0 spiro atoms. The summed E-state index contributed by atoms with van der Waals surface area (Å²) in [6.07, 6.45) is 0.425. The minimum Gasteiger partial charge on any atom is -0.508 e. The van der Waals surface area contributed by atoms with Crippen molar-refractivity contribution in [3.05, 3.63) is 29.3 Å². The highest BCUT2D eigenvalue weighted by atomic mass is 28.3. The maximum atomic E-state index is 12.7. The molecule has 6 heteroatoms. The summed E-state index contributed by atoms with van der Waals surface area (Å²) in [5, 5.41) is 21.5. The highest BCUT2D eigenvalue weighted by Gasteiger charge is 2.61. The van der Waals surface area contributed by atoms with Crippen LogP contribution in [0, 0.1) is 28.7 Å². The van der Waals surface area contributed by atoms with Crippen molar-refractivity contribution in [3.8, 4) is 17.2 Å². The van der Waals surface area contributed by atoms with E-state index in [4.69, 9.17) is 0 Å². The van der Waals surface area contributed by atoms with E-state index in [0.29, 0.717) is 29.9 Å². The number of aromatic hydroxyl groups is 1. The zero-order valence-corrected chi connectivity index (χ0v) is 19.6. The van der Waals surface area contributed by atoms with Crippen molar-refractivity contribution in [2.24, 2.45) is 17.3 Å². The SMILES string of the molecule is C[C@]12CC[C@@H]3c4ccc(O)cc4CC[C@H]3[C@@H]1CC[C@@]2(O)C#C[Si](C)(C)CCC(F)(F)F. The van der Waals surface area contributed by atoms with Crippen LogP contribution >= 0.6 is 0 Å². The van der Waals surface area contributed by atoms with Crippen molar-refractivity contribution in [2.45, 2.75) is 88.7 Å². The zero-order valence-electron chi connectivity index (χ0n) is 18.6. The van der Waals surface area contributed by atoms with Gasteiger partial charge in [0.05, 0.1) is 0 Å². The summed E-state index contributed by atoms with van der Waals surface area (Å²) in [5.41, 5.74) is 4.34. The normalized spacial score (nSPS) is 34.9. The second-order valence-electron chi connectivity index (χ2n) is 10.9. The molecule has 0 heterocycles. The maximum Gasteiger partial charge on any atom is 0.388 e. The fourth-order valence-corrected chi connectivity index (χ4v) is 8.16. The van der Waals surface area contributed by atoms with Gasteiger partial charge in [0.1, 0.15) is 19.4 Å². The molecule has 0 amide bonds. The first-order valence-corrected chi connectivity index (χ1v) is 14.7. The lowest BCUT2D eigenvalue weighted by atomic mass is 9.53. The first-order chi connectivity index (χ1) is 14.3. The van der Waals surface area contributed by atoms with Crippen LogP contribution in [-0.2, 0) is 6.42 Å². The number of hydrogen-bond acceptors (Lipinski definition) is 2. The predicted molar refractivity (Wildman–Crippen MR) is 118 cm³/mol. The quantitative estimate of drug-likeness (QED) is 0.417. The summed E-state index contributed by atoms with van der Waals surface area (Å²) in [5.74, 6) is 4.79. The van der Waals surface area contributed by atoms with Crippen LogP contribution in [-0.4, -0.2) is 30.1 Å². The van der Waals surface area contributed by atoms with Gasteiger partial charge in [0.15, 0.2) is 0 Å². The molecule has 2 N–H and O–H groups in total. The molecule has 2 fully saturated rings. The van der Waals surface area contributed by atoms with Gasteiger partial charge in [-0.3, -0.25) is 0 Å². The van der Waals surface area contributed by atoms with Crippen molar-refractivity contribution in [1.29, 1.82) is 0 Å². The van der Waals surface area contributed by atoms with Gasteiger partial charge in [0.2, 0.25) is 0 Å². The number of halogens is 3. The second kappa shape index (κ2) is 7.56. The topological polar surface area (TPSA) is 40.5 Å². The number of benzene rings is 1. The zero-order chi connectivity index (χ0) is 22.7. The Morgan fingerprint density at radius 1 is 1.16 bits per heavy atom. The highest BCUT2D eigenvalue weighted by Crippen LogP contribution is 2.64. The van der Waals surface area contributed by atoms with Gasteiger partial charge >= 0.3 is 6.18 Å². The Morgan fingerprint density at radius 3 is 2.61 bits per heavy atom. The third-order valence-electron chi connectivity index (χ3n) is 8.50. The first kappa shape index (κ1) is 22.7. The molecular formula is C25H33F3O2Si. The Hall–Kier alpha value is -1.45. The number of hydrogen-bond donors (Lipinski definition) is 2. The molecule has 0 unspecified atom stereocenters. The summed E-state index contributed by atoms with van der Waals surface area (Å²) in [6.45, 7) is 5.90. The van der Waals surface area contributed by atoms with Crippen molar-refractivity contribution in [1.82, 2.24) is 0 Å². The molecule has 31 heavy (non-hydrogen) atoms. The highest BCUT2D eigenvalue weighted by molar-refractivity contribution is 6.85. The molecule has 0 bridgehead atoms. The van der Waals surface area contributed by atoms with Gasteiger partial charge in [-0.05, 0) is 85.6 Å². The summed E-state index contributed by atoms with van der Waals surface area (Å²) in [7, 11) is -2.37. The molecule has 2 nitrogen and oxygen atoms in total. The third-order valence-corrected chi connectivity index (χ3v) is 10.8. The largest absolute Gasteiger partial charge is 0.508 e. The van der Waals surface area contributed by atoms with E-state index in [1.54, 1.807) is 6.07 Å². The molecule has 1 aromatic rings. The molecule has 1 aromatic carbocycles. The molecule has 0 radical (unpaired) electrons. The van der Waals surface area contributed by atoms with E-state index < -0.39 is 26.3 Å². The fraction of sp³-hybridized carbons (Fsp3) is 0.680. The van der Waals surface area contributed by atoms with E-state index in [-0.39, 0.29) is 11.5 Å². The molecule has 0 aromatic heterocycles. The van der Waals surface area contributed by atoms with Crippen LogP contribution in [0.1, 0.15) is 62.5 Å². The molecule has 5 atom stereocenters. The van der Waals surface area contributed by atoms with Gasteiger partial charge in [-0.25, -0.2) is 0 Å². The van der Waals surface area contributed by atoms with E-state index in [2.05, 4.69) is 24.5 Å². The molecular weight excluding hydrogens is 417 g/mol. The van der Waals surface area contributed by atoms with Crippen molar-refractivity contribution >= 4 is 8.07 Å². The smallest absolute Gasteiger partial charge is 0.388 e. The predicted octanol–water partition coefficient (Wildman–Crippen LogP) is 6.18. The van der Waals surface area contributed by atoms with E-state index in [1.165, 1.54) is 11.1 Å². The molecule has 0 aliphatic heterocycles. The standard InChI is InChI=1S/C25H33F3O2Si/c1-23-10-8-20-19-7-5-18(29)16-17(19)4-6-21(20)22(23)9-11-24(23,30)12-14-31(2,3)15-13-25(26,27)28/h5,7,16,20-22,29-30H,4,6,8-11,13,15H2,1-3H3/t20-,21-,22+,23+,24-/m1/s1. The molecule has 2 saturated carbocycles. The Balaban J connectivity index is 1.56. The van der Waals surface area contributed by atoms with Crippen LogP contribution in [0.2, 0.25) is 19.1 Å². The van der Waals surface area contributed by atoms with Crippen molar-refractivity contribution in [2.75, 3.05) is 0 Å². The number of rotatable bonds is 2. The minimum absolute atomic E-state index is 0.0774. The molecule has 3 aliphatic carbocycles. The van der Waals surface area contributed by atoms with E-state index >= 15 is 0 Å². The molecule has 0 saturated heterocycles. The van der Waals surface area contributed by atoms with Gasteiger partial charge in [-0.1, -0.05) is 32.0 Å². The van der Waals surface area contributed by atoms with Crippen LogP contribution < -0.4 is 0 Å². The minimum atomic E-state index is -4.15. The van der Waals surface area contributed by atoms with Crippen molar-refractivity contribution in [3.63, 3.8) is 0 Å². The second-order valence-corrected chi connectivity index (χ2v) is 15.4. The Labute approximate surface area is 184 Å². The average molecular weight is 451 g/mol. The first-order valence-electron chi connectivity index (χ1n) is 11.5. The number of alkyl halides is 3. The number of aliphatic hydroxyl groups is 1. The van der Waals surface area contributed by atoms with Crippen LogP contribution in [0.4, 0.5) is 13.2 Å². The number of phenols is 1. The monoisotopic (exact) mass is 450 g/mol. The maximum absolute atomic E-state index is 12.7. The van der Waals surface area contributed by atoms with Gasteiger partial charge in [-0.15, -0.1) is 5.54 Å². The van der Waals surface area contributed by atoms with Gasteiger partial charge in [0.25, 0.3) is 0 Å². The van der Waals surface area contributed by atoms with Crippen LogP contribution in [0.25, 0.3) is 0 Å².